The lowest BCUT2D eigenvalue weighted by Gasteiger charge is -2.28. The molecule has 1 fully saturated rings. The molecule has 0 aromatic heterocycles. The van der Waals surface area contributed by atoms with Crippen LogP contribution >= 0.6 is 11.6 Å². The maximum atomic E-state index is 11.5. The third-order valence-electron chi connectivity index (χ3n) is 3.80. The second-order valence-corrected chi connectivity index (χ2v) is 5.57. The molecule has 1 aromatic rings. The van der Waals surface area contributed by atoms with Crippen LogP contribution in [0.3, 0.4) is 0 Å². The summed E-state index contributed by atoms with van der Waals surface area (Å²) in [5.41, 5.74) is 1.04. The van der Waals surface area contributed by atoms with Gasteiger partial charge in [-0.25, -0.2) is 4.79 Å². The number of carboxylic acid groups (broad SMARTS) is 1. The van der Waals surface area contributed by atoms with Crippen LogP contribution in [0.4, 0.5) is 5.69 Å². The Hall–Kier alpha value is -1.73. The molecular weight excluding hydrogens is 276 g/mol. The van der Waals surface area contributed by atoms with Crippen LogP contribution in [0.1, 0.15) is 37.7 Å². The predicted molar refractivity (Wildman–Crippen MR) is 77.8 cm³/mol. The van der Waals surface area contributed by atoms with E-state index < -0.39 is 12.0 Å². The summed E-state index contributed by atoms with van der Waals surface area (Å²) in [6.45, 7) is 0. The second-order valence-electron chi connectivity index (χ2n) is 5.16. The van der Waals surface area contributed by atoms with Gasteiger partial charge in [-0.05, 0) is 37.0 Å². The van der Waals surface area contributed by atoms with Crippen LogP contribution in [0.25, 0.3) is 0 Å². The van der Waals surface area contributed by atoms with Gasteiger partial charge in [-0.3, -0.25) is 0 Å². The van der Waals surface area contributed by atoms with Crippen molar-refractivity contribution >= 4 is 23.3 Å². The van der Waals surface area contributed by atoms with Crippen LogP contribution in [0, 0.1) is 17.2 Å². The summed E-state index contributed by atoms with van der Waals surface area (Å²) in [4.78, 5) is 11.5. The van der Waals surface area contributed by atoms with Crippen molar-refractivity contribution in [3.63, 3.8) is 0 Å². The highest BCUT2D eigenvalue weighted by molar-refractivity contribution is 6.32. The number of anilines is 1. The number of nitriles is 1. The van der Waals surface area contributed by atoms with Crippen molar-refractivity contribution in [2.75, 3.05) is 5.32 Å². The summed E-state index contributed by atoms with van der Waals surface area (Å²) in [7, 11) is 0. The molecule has 0 amide bonds. The van der Waals surface area contributed by atoms with Crippen molar-refractivity contribution in [2.45, 2.75) is 38.1 Å². The van der Waals surface area contributed by atoms with E-state index in [1.165, 1.54) is 6.42 Å². The van der Waals surface area contributed by atoms with Crippen molar-refractivity contribution in [1.29, 1.82) is 5.26 Å². The van der Waals surface area contributed by atoms with Crippen LogP contribution in [0.15, 0.2) is 18.2 Å². The third-order valence-corrected chi connectivity index (χ3v) is 4.11. The number of rotatable bonds is 4. The molecule has 1 aromatic carbocycles. The number of benzene rings is 1. The van der Waals surface area contributed by atoms with E-state index in [1.54, 1.807) is 18.2 Å². The van der Waals surface area contributed by atoms with E-state index in [1.807, 2.05) is 6.07 Å². The van der Waals surface area contributed by atoms with Crippen molar-refractivity contribution in [1.82, 2.24) is 0 Å². The Bertz CT molecular complexity index is 533. The van der Waals surface area contributed by atoms with Crippen molar-refractivity contribution < 1.29 is 9.90 Å². The number of hydrogen-bond acceptors (Lipinski definition) is 3. The Morgan fingerprint density at radius 1 is 1.40 bits per heavy atom. The third kappa shape index (κ3) is 3.43. The fourth-order valence-electron chi connectivity index (χ4n) is 2.72. The van der Waals surface area contributed by atoms with Crippen LogP contribution in [-0.2, 0) is 4.79 Å². The van der Waals surface area contributed by atoms with Gasteiger partial charge in [0, 0.05) is 5.69 Å². The van der Waals surface area contributed by atoms with Crippen molar-refractivity contribution in [2.24, 2.45) is 5.92 Å². The first-order chi connectivity index (χ1) is 9.61. The van der Waals surface area contributed by atoms with E-state index in [0.29, 0.717) is 16.3 Å². The summed E-state index contributed by atoms with van der Waals surface area (Å²) in [5.74, 6) is -0.687. The fraction of sp³-hybridized carbons (Fsp3) is 0.467. The number of aliphatic carboxylic acids is 1. The number of hydrogen-bond donors (Lipinski definition) is 2. The SMILES string of the molecule is N#Cc1ccc(NC(C(=O)O)C2CCCCC2)cc1Cl. The van der Waals surface area contributed by atoms with Gasteiger partial charge in [-0.1, -0.05) is 30.9 Å². The largest absolute Gasteiger partial charge is 0.480 e. The first-order valence-corrected chi connectivity index (χ1v) is 7.18. The van der Waals surface area contributed by atoms with Gasteiger partial charge in [0.05, 0.1) is 10.6 Å². The van der Waals surface area contributed by atoms with Crippen molar-refractivity contribution in [3.05, 3.63) is 28.8 Å². The summed E-state index contributed by atoms with van der Waals surface area (Å²) < 4.78 is 0. The Morgan fingerprint density at radius 2 is 2.10 bits per heavy atom. The predicted octanol–water partition coefficient (Wildman–Crippen LogP) is 3.66. The molecule has 0 radical (unpaired) electrons. The number of nitrogens with one attached hydrogen (secondary N) is 1. The van der Waals surface area contributed by atoms with E-state index in [0.717, 1.165) is 25.7 Å². The lowest BCUT2D eigenvalue weighted by atomic mass is 9.84. The lowest BCUT2D eigenvalue weighted by Crippen LogP contribution is -2.37. The molecule has 0 aliphatic heterocycles. The number of nitrogens with zero attached hydrogens (tertiary/aromatic N) is 1. The Labute approximate surface area is 123 Å². The van der Waals surface area contributed by atoms with Gasteiger partial charge in [-0.15, -0.1) is 0 Å². The van der Waals surface area contributed by atoms with Crippen LogP contribution in [0.5, 0.6) is 0 Å². The fourth-order valence-corrected chi connectivity index (χ4v) is 2.95. The summed E-state index contributed by atoms with van der Waals surface area (Å²) >= 11 is 5.97. The Kier molecular flexibility index (Phi) is 4.86. The second kappa shape index (κ2) is 6.62. The zero-order chi connectivity index (χ0) is 14.5. The normalized spacial score (nSPS) is 17.2. The topological polar surface area (TPSA) is 73.1 Å². The average molecular weight is 293 g/mol. The van der Waals surface area contributed by atoms with Crippen LogP contribution in [0.2, 0.25) is 5.02 Å². The van der Waals surface area contributed by atoms with E-state index in [-0.39, 0.29) is 5.92 Å². The monoisotopic (exact) mass is 292 g/mol. The molecule has 5 heteroatoms. The van der Waals surface area contributed by atoms with Crippen LogP contribution in [-0.4, -0.2) is 17.1 Å². The quantitative estimate of drug-likeness (QED) is 0.888. The molecular formula is C15H17ClN2O2. The molecule has 1 atom stereocenters. The zero-order valence-corrected chi connectivity index (χ0v) is 11.9. The first kappa shape index (κ1) is 14.7. The molecule has 0 saturated heterocycles. The maximum absolute atomic E-state index is 11.5. The van der Waals surface area contributed by atoms with Crippen LogP contribution < -0.4 is 5.32 Å². The molecule has 0 spiro atoms. The molecule has 0 heterocycles. The Balaban J connectivity index is 2.14. The molecule has 1 aliphatic carbocycles. The van der Waals surface area contributed by atoms with Crippen molar-refractivity contribution in [3.8, 4) is 6.07 Å². The standard InChI is InChI=1S/C15H17ClN2O2/c16-13-8-12(7-6-11(13)9-17)18-14(15(19)20)10-4-2-1-3-5-10/h6-8,10,14,18H,1-5H2,(H,19,20). The summed E-state index contributed by atoms with van der Waals surface area (Å²) in [5, 5.41) is 21.6. The van der Waals surface area contributed by atoms with Gasteiger partial charge < -0.3 is 10.4 Å². The highest BCUT2D eigenvalue weighted by Gasteiger charge is 2.29. The lowest BCUT2D eigenvalue weighted by molar-refractivity contribution is -0.139. The average Bonchev–Trinajstić information content (AvgIpc) is 2.45. The molecule has 4 nitrogen and oxygen atoms in total. The van der Waals surface area contributed by atoms with Gasteiger partial charge in [0.2, 0.25) is 0 Å². The summed E-state index contributed by atoms with van der Waals surface area (Å²) in [6.07, 6.45) is 5.24. The van der Waals surface area contributed by atoms with Gasteiger partial charge in [-0.2, -0.15) is 5.26 Å². The minimum absolute atomic E-state index is 0.149. The van der Waals surface area contributed by atoms with Gasteiger partial charge in [0.15, 0.2) is 0 Å². The molecule has 1 unspecified atom stereocenters. The zero-order valence-electron chi connectivity index (χ0n) is 11.1. The van der Waals surface area contributed by atoms with E-state index in [9.17, 15) is 9.90 Å². The molecule has 2 rings (SSSR count). The number of halogens is 1. The van der Waals surface area contributed by atoms with E-state index in [2.05, 4.69) is 5.32 Å². The van der Waals surface area contributed by atoms with Gasteiger partial charge in [0.25, 0.3) is 0 Å². The molecule has 20 heavy (non-hydrogen) atoms. The molecule has 2 N–H and O–H groups in total. The highest BCUT2D eigenvalue weighted by atomic mass is 35.5. The first-order valence-electron chi connectivity index (χ1n) is 6.81. The number of carboxylic acids is 1. The molecule has 1 aliphatic rings. The Morgan fingerprint density at radius 3 is 2.65 bits per heavy atom. The minimum Gasteiger partial charge on any atom is -0.480 e. The van der Waals surface area contributed by atoms with Gasteiger partial charge >= 0.3 is 5.97 Å². The maximum Gasteiger partial charge on any atom is 0.326 e. The smallest absolute Gasteiger partial charge is 0.326 e. The molecule has 1 saturated carbocycles. The van der Waals surface area contributed by atoms with E-state index in [4.69, 9.17) is 16.9 Å². The molecule has 0 bridgehead atoms. The van der Waals surface area contributed by atoms with Gasteiger partial charge in [0.1, 0.15) is 12.1 Å². The minimum atomic E-state index is -0.836. The molecule has 106 valence electrons. The number of carbonyl (C=O) groups is 1. The van der Waals surface area contributed by atoms with E-state index >= 15 is 0 Å². The highest BCUT2D eigenvalue weighted by Crippen LogP contribution is 2.29. The summed E-state index contributed by atoms with van der Waals surface area (Å²) in [6, 6.07) is 6.30.